The monoisotopic (exact) mass is 350 g/mol. The minimum Gasteiger partial charge on any atom is -0.381 e. The first-order valence-electron chi connectivity index (χ1n) is 9.27. The van der Waals surface area contributed by atoms with Crippen molar-refractivity contribution in [1.29, 1.82) is 0 Å². The Balaban J connectivity index is 1.36. The molecule has 5 rings (SSSR count). The van der Waals surface area contributed by atoms with Crippen LogP contribution in [0, 0.1) is 5.92 Å². The minimum absolute atomic E-state index is 0.0193. The van der Waals surface area contributed by atoms with E-state index in [1.165, 1.54) is 10.6 Å². The molecule has 0 aromatic heterocycles. The molecule has 26 heavy (non-hydrogen) atoms. The topological polar surface area (TPSA) is 45.1 Å². The van der Waals surface area contributed by atoms with Gasteiger partial charge in [0.25, 0.3) is 0 Å². The number of rotatable bonds is 2. The number of carbonyl (C=O) groups excluding carboxylic acids is 1. The van der Waals surface area contributed by atoms with Crippen molar-refractivity contribution in [3.05, 3.63) is 71.8 Å². The number of likely N-dealkylation sites (tertiary alicyclic amines) is 1. The highest BCUT2D eigenvalue weighted by Crippen LogP contribution is 2.44. The summed E-state index contributed by atoms with van der Waals surface area (Å²) in [7, 11) is 0. The summed E-state index contributed by atoms with van der Waals surface area (Å²) in [6.07, 6.45) is 0.640. The zero-order chi connectivity index (χ0) is 17.5. The van der Waals surface area contributed by atoms with Gasteiger partial charge in [-0.3, -0.25) is 0 Å². The summed E-state index contributed by atoms with van der Waals surface area (Å²) in [4.78, 5) is 20.7. The van der Waals surface area contributed by atoms with E-state index in [1.54, 1.807) is 0 Å². The molecule has 0 spiro atoms. The Kier molecular flexibility index (Phi) is 3.91. The lowest BCUT2D eigenvalue weighted by atomic mass is 9.84. The first-order chi connectivity index (χ1) is 12.8. The molecule has 2 aromatic rings. The number of hydrogen-bond acceptors (Lipinski definition) is 3. The van der Waals surface area contributed by atoms with Crippen LogP contribution in [0.4, 0.5) is 4.79 Å². The molecule has 0 N–H and O–H groups in total. The maximum absolute atomic E-state index is 13.1. The molecule has 3 aliphatic heterocycles. The van der Waals surface area contributed by atoms with E-state index in [-0.39, 0.29) is 18.3 Å². The number of hydrogen-bond donors (Lipinski definition) is 0. The largest absolute Gasteiger partial charge is 0.381 e. The quantitative estimate of drug-likeness (QED) is 0.778. The molecule has 0 bridgehead atoms. The normalized spacial score (nSPS) is 30.2. The summed E-state index contributed by atoms with van der Waals surface area (Å²) < 4.78 is 5.75. The van der Waals surface area contributed by atoms with Crippen molar-refractivity contribution in [2.45, 2.75) is 24.6 Å². The third-order valence-corrected chi connectivity index (χ3v) is 5.80. The van der Waals surface area contributed by atoms with Crippen LogP contribution in [0.25, 0.3) is 0 Å². The third kappa shape index (κ3) is 2.68. The average molecular weight is 350 g/mol. The molecular weight excluding hydrogens is 328 g/mol. The van der Waals surface area contributed by atoms with Crippen molar-refractivity contribution in [1.82, 2.24) is 9.96 Å². The van der Waals surface area contributed by atoms with E-state index in [1.807, 2.05) is 41.3 Å². The fraction of sp³-hybridized carbons (Fsp3) is 0.381. The molecule has 5 heteroatoms. The van der Waals surface area contributed by atoms with Crippen molar-refractivity contribution >= 4 is 6.03 Å². The van der Waals surface area contributed by atoms with Crippen LogP contribution in [0.1, 0.15) is 29.7 Å². The predicted molar refractivity (Wildman–Crippen MR) is 96.1 cm³/mol. The first-order valence-corrected chi connectivity index (χ1v) is 9.27. The molecule has 3 saturated heterocycles. The summed E-state index contributed by atoms with van der Waals surface area (Å²) in [5.74, 6) is 0.672. The second-order valence-electron chi connectivity index (χ2n) is 7.24. The summed E-state index contributed by atoms with van der Waals surface area (Å²) in [5.41, 5.74) is 2.30. The van der Waals surface area contributed by atoms with Crippen molar-refractivity contribution in [2.24, 2.45) is 5.92 Å². The lowest BCUT2D eigenvalue weighted by Crippen LogP contribution is -2.43. The molecule has 0 radical (unpaired) electrons. The highest BCUT2D eigenvalue weighted by atomic mass is 16.8. The smallest absolute Gasteiger partial charge is 0.347 e. The second-order valence-corrected chi connectivity index (χ2v) is 7.24. The van der Waals surface area contributed by atoms with Gasteiger partial charge in [-0.2, -0.15) is 5.06 Å². The van der Waals surface area contributed by atoms with Crippen LogP contribution < -0.4 is 0 Å². The highest BCUT2D eigenvalue weighted by molar-refractivity contribution is 5.76. The summed E-state index contributed by atoms with van der Waals surface area (Å²) >= 11 is 0. The van der Waals surface area contributed by atoms with Crippen LogP contribution in [0.3, 0.4) is 0 Å². The van der Waals surface area contributed by atoms with E-state index >= 15 is 0 Å². The maximum atomic E-state index is 13.1. The average Bonchev–Trinajstić information content (AvgIpc) is 3.42. The van der Waals surface area contributed by atoms with E-state index in [2.05, 4.69) is 24.3 Å². The van der Waals surface area contributed by atoms with Crippen LogP contribution in [0.5, 0.6) is 0 Å². The van der Waals surface area contributed by atoms with Gasteiger partial charge < -0.3 is 9.64 Å². The molecule has 2 amide bonds. The number of hydroxylamine groups is 2. The molecule has 0 aliphatic carbocycles. The molecule has 3 aliphatic rings. The Bertz CT molecular complexity index is 782. The van der Waals surface area contributed by atoms with Crippen LogP contribution in [0.2, 0.25) is 0 Å². The number of benzene rings is 2. The number of nitrogens with zero attached hydrogens (tertiary/aromatic N) is 2. The standard InChI is InChI=1S/C21H22N2O3/c24-21(23-20(26-23)16-9-5-2-6-10-16)22-13-17(15-7-3-1-4-8-15)18-14-25-12-11-19(18)22/h1-10,17-20H,11-14H2. The van der Waals surface area contributed by atoms with Crippen molar-refractivity contribution in [3.63, 3.8) is 0 Å². The molecule has 4 unspecified atom stereocenters. The van der Waals surface area contributed by atoms with Crippen LogP contribution in [-0.4, -0.2) is 41.8 Å². The Hall–Kier alpha value is -2.37. The van der Waals surface area contributed by atoms with Crippen molar-refractivity contribution in [2.75, 3.05) is 19.8 Å². The van der Waals surface area contributed by atoms with Gasteiger partial charge in [-0.05, 0) is 12.0 Å². The molecule has 5 nitrogen and oxygen atoms in total. The van der Waals surface area contributed by atoms with E-state index in [9.17, 15) is 4.79 Å². The zero-order valence-corrected chi connectivity index (χ0v) is 14.5. The molecule has 3 heterocycles. The van der Waals surface area contributed by atoms with Crippen molar-refractivity contribution < 1.29 is 14.4 Å². The van der Waals surface area contributed by atoms with Crippen LogP contribution in [-0.2, 0) is 9.57 Å². The Morgan fingerprint density at radius 3 is 2.38 bits per heavy atom. The maximum Gasteiger partial charge on any atom is 0.347 e. The number of ether oxygens (including phenoxy) is 1. The molecule has 4 atom stereocenters. The van der Waals surface area contributed by atoms with Gasteiger partial charge in [0.2, 0.25) is 6.23 Å². The summed E-state index contributed by atoms with van der Waals surface area (Å²) in [5, 5.41) is 1.51. The van der Waals surface area contributed by atoms with Gasteiger partial charge in [0.1, 0.15) is 0 Å². The van der Waals surface area contributed by atoms with Gasteiger partial charge in [-0.15, -0.1) is 0 Å². The fourth-order valence-electron chi connectivity index (χ4n) is 4.44. The van der Waals surface area contributed by atoms with Crippen LogP contribution in [0.15, 0.2) is 60.7 Å². The van der Waals surface area contributed by atoms with E-state index in [0.29, 0.717) is 11.8 Å². The van der Waals surface area contributed by atoms with E-state index in [4.69, 9.17) is 9.57 Å². The predicted octanol–water partition coefficient (Wildman–Crippen LogP) is 3.56. The van der Waals surface area contributed by atoms with E-state index in [0.717, 1.165) is 31.7 Å². The van der Waals surface area contributed by atoms with E-state index < -0.39 is 0 Å². The SMILES string of the molecule is O=C(N1CC(c2ccccc2)C2COCCC21)N1OC1c1ccccc1. The second kappa shape index (κ2) is 6.41. The molecule has 2 aromatic carbocycles. The first kappa shape index (κ1) is 15.9. The summed E-state index contributed by atoms with van der Waals surface area (Å²) in [6, 6.07) is 20.6. The Morgan fingerprint density at radius 2 is 1.65 bits per heavy atom. The Morgan fingerprint density at radius 1 is 0.962 bits per heavy atom. The highest BCUT2D eigenvalue weighted by Gasteiger charge is 2.52. The number of fused-ring (bicyclic) bond motifs is 1. The molecule has 0 saturated carbocycles. The van der Waals surface area contributed by atoms with Gasteiger partial charge in [0.15, 0.2) is 0 Å². The number of amides is 2. The summed E-state index contributed by atoms with van der Waals surface area (Å²) in [6.45, 7) is 2.16. The number of urea groups is 1. The van der Waals surface area contributed by atoms with Crippen LogP contribution >= 0.6 is 0 Å². The number of carbonyl (C=O) groups is 1. The third-order valence-electron chi connectivity index (χ3n) is 5.80. The molecule has 3 fully saturated rings. The zero-order valence-electron chi connectivity index (χ0n) is 14.5. The molecule has 134 valence electrons. The lowest BCUT2D eigenvalue weighted by molar-refractivity contribution is 0.0222. The minimum atomic E-state index is -0.252. The van der Waals surface area contributed by atoms with Gasteiger partial charge in [0.05, 0.1) is 6.61 Å². The van der Waals surface area contributed by atoms with Gasteiger partial charge >= 0.3 is 6.03 Å². The fourth-order valence-corrected chi connectivity index (χ4v) is 4.44. The van der Waals surface area contributed by atoms with Gasteiger partial charge in [-0.1, -0.05) is 60.7 Å². The van der Waals surface area contributed by atoms with Crippen molar-refractivity contribution in [3.8, 4) is 0 Å². The Labute approximate surface area is 153 Å². The van der Waals surface area contributed by atoms with Gasteiger partial charge in [0, 0.05) is 36.6 Å². The molecular formula is C21H22N2O3. The lowest BCUT2D eigenvalue weighted by Gasteiger charge is -2.32. The van der Waals surface area contributed by atoms with Gasteiger partial charge in [-0.25, -0.2) is 9.63 Å².